The van der Waals surface area contributed by atoms with Crippen LogP contribution in [0.15, 0.2) is 24.5 Å². The minimum Gasteiger partial charge on any atom is -0.348 e. The fourth-order valence-electron chi connectivity index (χ4n) is 2.72. The first-order valence-electron chi connectivity index (χ1n) is 6.56. The van der Waals surface area contributed by atoms with Crippen molar-refractivity contribution >= 4 is 28.0 Å². The molecule has 106 valence electrons. The van der Waals surface area contributed by atoms with Crippen LogP contribution in [-0.2, 0) is 11.2 Å². The van der Waals surface area contributed by atoms with Crippen molar-refractivity contribution in [2.24, 2.45) is 0 Å². The molecule has 0 spiro atoms. The summed E-state index contributed by atoms with van der Waals surface area (Å²) in [6.07, 6.45) is 3.18. The lowest BCUT2D eigenvalue weighted by atomic mass is 10.0. The molecule has 0 saturated heterocycles. The van der Waals surface area contributed by atoms with Crippen molar-refractivity contribution in [2.75, 3.05) is 6.54 Å². The minimum atomic E-state index is -0.342. The molecule has 3 aromatic rings. The van der Waals surface area contributed by atoms with Gasteiger partial charge in [0.15, 0.2) is 0 Å². The highest BCUT2D eigenvalue weighted by Crippen LogP contribution is 2.36. The Morgan fingerprint density at radius 3 is 3.19 bits per heavy atom. The van der Waals surface area contributed by atoms with Gasteiger partial charge in [-0.25, -0.2) is 14.4 Å². The Kier molecular flexibility index (Phi) is 2.75. The molecule has 2 aromatic heterocycles. The van der Waals surface area contributed by atoms with E-state index in [0.717, 1.165) is 28.9 Å². The summed E-state index contributed by atoms with van der Waals surface area (Å²) in [5.41, 5.74) is 2.16. The van der Waals surface area contributed by atoms with E-state index in [1.54, 1.807) is 17.3 Å². The van der Waals surface area contributed by atoms with Crippen LogP contribution in [0.2, 0.25) is 0 Å². The van der Waals surface area contributed by atoms with Crippen LogP contribution >= 0.6 is 11.3 Å². The van der Waals surface area contributed by atoms with Gasteiger partial charge in [0.05, 0.1) is 16.7 Å². The normalized spacial score (nSPS) is 18.0. The lowest BCUT2D eigenvalue weighted by Crippen LogP contribution is -2.35. The molecule has 0 radical (unpaired) electrons. The molecule has 1 unspecified atom stereocenters. The van der Waals surface area contributed by atoms with Gasteiger partial charge < -0.3 is 9.88 Å². The van der Waals surface area contributed by atoms with Crippen LogP contribution in [0.5, 0.6) is 0 Å². The molecule has 7 heteroatoms. The number of hydrogen-bond acceptors (Lipinski definition) is 4. The number of imidazole rings is 1. The van der Waals surface area contributed by atoms with Crippen molar-refractivity contribution in [3.8, 4) is 0 Å². The number of aromatic nitrogens is 3. The molecule has 1 atom stereocenters. The number of nitrogens with one attached hydrogen (secondary N) is 1. The molecule has 21 heavy (non-hydrogen) atoms. The van der Waals surface area contributed by atoms with Crippen molar-refractivity contribution in [2.45, 2.75) is 12.5 Å². The van der Waals surface area contributed by atoms with E-state index in [0.29, 0.717) is 17.1 Å². The average Bonchev–Trinajstić information content (AvgIpc) is 3.12. The largest absolute Gasteiger partial charge is 0.348 e. The number of fused-ring (bicyclic) bond motifs is 2. The Hall–Kier alpha value is -2.28. The van der Waals surface area contributed by atoms with E-state index in [1.807, 2.05) is 6.07 Å². The van der Waals surface area contributed by atoms with Crippen LogP contribution in [0.25, 0.3) is 10.2 Å². The summed E-state index contributed by atoms with van der Waals surface area (Å²) in [6, 6.07) is 4.55. The van der Waals surface area contributed by atoms with Crippen molar-refractivity contribution in [3.05, 3.63) is 46.7 Å². The smallest absolute Gasteiger partial charge is 0.210 e. The molecule has 1 aliphatic rings. The summed E-state index contributed by atoms with van der Waals surface area (Å²) in [6.45, 7) is 0.599. The highest BCUT2D eigenvalue weighted by atomic mass is 32.1. The molecule has 0 saturated carbocycles. The third kappa shape index (κ3) is 1.84. The van der Waals surface area contributed by atoms with Crippen molar-refractivity contribution in [1.29, 1.82) is 0 Å². The number of amides is 1. The van der Waals surface area contributed by atoms with Gasteiger partial charge in [0.25, 0.3) is 0 Å². The predicted octanol–water partition coefficient (Wildman–Crippen LogP) is 2.26. The van der Waals surface area contributed by atoms with Crippen LogP contribution in [0, 0.1) is 5.82 Å². The maximum atomic E-state index is 13.8. The maximum Gasteiger partial charge on any atom is 0.210 e. The molecule has 5 nitrogen and oxygen atoms in total. The van der Waals surface area contributed by atoms with E-state index in [9.17, 15) is 9.18 Å². The molecule has 1 N–H and O–H groups in total. The second-order valence-corrected chi connectivity index (χ2v) is 5.96. The van der Waals surface area contributed by atoms with Crippen LogP contribution in [0.1, 0.15) is 22.4 Å². The number of nitrogens with zero attached hydrogens (tertiary/aromatic N) is 3. The maximum absolute atomic E-state index is 13.8. The van der Waals surface area contributed by atoms with Gasteiger partial charge in [-0.15, -0.1) is 11.3 Å². The molecule has 3 heterocycles. The Morgan fingerprint density at radius 1 is 1.48 bits per heavy atom. The fraction of sp³-hybridized carbons (Fsp3) is 0.214. The number of rotatable bonds is 2. The van der Waals surface area contributed by atoms with Crippen molar-refractivity contribution in [1.82, 2.24) is 19.9 Å². The summed E-state index contributed by atoms with van der Waals surface area (Å²) in [4.78, 5) is 24.8. The topological polar surface area (TPSA) is 61.9 Å². The van der Waals surface area contributed by atoms with Gasteiger partial charge in [0, 0.05) is 18.7 Å². The zero-order valence-electron chi connectivity index (χ0n) is 10.9. The van der Waals surface area contributed by atoms with Crippen LogP contribution in [0.3, 0.4) is 0 Å². The number of carbonyl (C=O) groups is 1. The Bertz CT molecular complexity index is 827. The summed E-state index contributed by atoms with van der Waals surface area (Å²) in [7, 11) is 0. The summed E-state index contributed by atoms with van der Waals surface area (Å²) >= 11 is 1.40. The molecule has 1 aliphatic heterocycles. The molecular weight excluding hydrogens is 291 g/mol. The van der Waals surface area contributed by atoms with Gasteiger partial charge in [-0.1, -0.05) is 6.07 Å². The highest BCUT2D eigenvalue weighted by Gasteiger charge is 2.32. The molecule has 0 fully saturated rings. The average molecular weight is 302 g/mol. The van der Waals surface area contributed by atoms with Gasteiger partial charge in [-0.2, -0.15) is 0 Å². The molecule has 4 rings (SSSR count). The molecule has 1 aromatic carbocycles. The number of thiazole rings is 1. The number of para-hydroxylation sites is 1. The molecule has 1 amide bonds. The van der Waals surface area contributed by atoms with Crippen LogP contribution in [0.4, 0.5) is 4.39 Å². The van der Waals surface area contributed by atoms with Gasteiger partial charge >= 0.3 is 0 Å². The van der Waals surface area contributed by atoms with Crippen molar-refractivity contribution in [3.63, 3.8) is 0 Å². The SMILES string of the molecule is O=CN1CCc2[nH]cnc2C1c1nc2c(F)cccc2s1. The second-order valence-electron chi connectivity index (χ2n) is 4.90. The lowest BCUT2D eigenvalue weighted by Gasteiger charge is -2.30. The number of hydrogen-bond donors (Lipinski definition) is 1. The molecular formula is C14H11FN4OS. The Morgan fingerprint density at radius 2 is 2.38 bits per heavy atom. The standard InChI is InChI=1S/C14H11FN4OS/c15-8-2-1-3-10-11(8)18-14(21-10)13-12-9(16-6-17-12)4-5-19(13)7-20/h1-3,6-7,13H,4-5H2,(H,16,17). The monoisotopic (exact) mass is 302 g/mol. The van der Waals surface area contributed by atoms with E-state index in [-0.39, 0.29) is 11.9 Å². The summed E-state index contributed by atoms with van der Waals surface area (Å²) in [5, 5.41) is 0.690. The van der Waals surface area contributed by atoms with Gasteiger partial charge in [-0.3, -0.25) is 4.79 Å². The third-order valence-electron chi connectivity index (χ3n) is 3.72. The quantitative estimate of drug-likeness (QED) is 0.739. The molecule has 0 bridgehead atoms. The van der Waals surface area contributed by atoms with Gasteiger partial charge in [0.1, 0.15) is 22.4 Å². The van der Waals surface area contributed by atoms with E-state index in [2.05, 4.69) is 15.0 Å². The Balaban J connectivity index is 1.90. The lowest BCUT2D eigenvalue weighted by molar-refractivity contribution is -0.120. The van der Waals surface area contributed by atoms with Crippen LogP contribution < -0.4 is 0 Å². The van der Waals surface area contributed by atoms with Gasteiger partial charge in [0.2, 0.25) is 6.41 Å². The summed E-state index contributed by atoms with van der Waals surface area (Å²) in [5.74, 6) is -0.342. The van der Waals surface area contributed by atoms with Gasteiger partial charge in [-0.05, 0) is 12.1 Å². The van der Waals surface area contributed by atoms with E-state index in [1.165, 1.54) is 17.4 Å². The van der Waals surface area contributed by atoms with E-state index < -0.39 is 0 Å². The second kappa shape index (κ2) is 4.63. The number of carbonyl (C=O) groups excluding carboxylic acids is 1. The zero-order chi connectivity index (χ0) is 14.4. The number of aromatic amines is 1. The van der Waals surface area contributed by atoms with Crippen LogP contribution in [-0.4, -0.2) is 32.8 Å². The predicted molar refractivity (Wildman–Crippen MR) is 76.5 cm³/mol. The van der Waals surface area contributed by atoms with E-state index >= 15 is 0 Å². The third-order valence-corrected chi connectivity index (χ3v) is 4.79. The minimum absolute atomic E-state index is 0.339. The Labute approximate surface area is 123 Å². The fourth-order valence-corrected chi connectivity index (χ4v) is 3.82. The zero-order valence-corrected chi connectivity index (χ0v) is 11.7. The summed E-state index contributed by atoms with van der Waals surface area (Å²) < 4.78 is 14.6. The van der Waals surface area contributed by atoms with Crippen molar-refractivity contribution < 1.29 is 9.18 Å². The first kappa shape index (κ1) is 12.5. The number of halogens is 1. The first-order chi connectivity index (χ1) is 10.3. The first-order valence-corrected chi connectivity index (χ1v) is 7.37. The van der Waals surface area contributed by atoms with E-state index in [4.69, 9.17) is 0 Å². The molecule has 0 aliphatic carbocycles. The highest BCUT2D eigenvalue weighted by molar-refractivity contribution is 7.18. The number of H-pyrrole nitrogens is 1. The number of benzene rings is 1.